The molecule has 3 aromatic rings. The molecular weight excluding hydrogens is 473 g/mol. The van der Waals surface area contributed by atoms with Crippen LogP contribution in [0.4, 0.5) is 10.2 Å². The van der Waals surface area contributed by atoms with Gasteiger partial charge in [-0.1, -0.05) is 17.7 Å². The first kappa shape index (κ1) is 25.7. The number of halogens is 2. The smallest absolute Gasteiger partial charge is 0.253 e. The molecule has 0 unspecified atom stereocenters. The van der Waals surface area contributed by atoms with Crippen LogP contribution in [0.3, 0.4) is 0 Å². The number of nitriles is 1. The molecule has 8 nitrogen and oxygen atoms in total. The molecule has 1 aromatic heterocycles. The third-order valence-electron chi connectivity index (χ3n) is 5.59. The Morgan fingerprint density at radius 1 is 1.40 bits per heavy atom. The molecule has 3 rings (SSSR count). The van der Waals surface area contributed by atoms with E-state index in [4.69, 9.17) is 16.3 Å². The number of hydrogen-bond donors (Lipinski definition) is 1. The number of rotatable bonds is 9. The molecule has 10 heteroatoms. The molecule has 0 aliphatic carbocycles. The van der Waals surface area contributed by atoms with Gasteiger partial charge in [-0.3, -0.25) is 14.3 Å². The highest BCUT2D eigenvalue weighted by atomic mass is 35.5. The summed E-state index contributed by atoms with van der Waals surface area (Å²) in [5, 5.41) is 16.2. The third-order valence-corrected chi connectivity index (χ3v) is 6.05. The van der Waals surface area contributed by atoms with Crippen LogP contribution in [0.2, 0.25) is 5.02 Å². The van der Waals surface area contributed by atoms with Crippen molar-refractivity contribution in [2.45, 2.75) is 13.3 Å². The Bertz CT molecular complexity index is 1320. The third kappa shape index (κ3) is 5.61. The lowest BCUT2D eigenvalue weighted by Gasteiger charge is -2.19. The molecule has 0 aliphatic rings. The minimum Gasteiger partial charge on any atom is -0.489 e. The van der Waals surface area contributed by atoms with Crippen LogP contribution >= 0.6 is 11.6 Å². The first-order valence-electron chi connectivity index (χ1n) is 10.8. The minimum absolute atomic E-state index is 0.0408. The molecule has 1 amide bonds. The van der Waals surface area contributed by atoms with E-state index in [1.54, 1.807) is 48.9 Å². The van der Waals surface area contributed by atoms with Crippen molar-refractivity contribution in [3.63, 3.8) is 0 Å². The summed E-state index contributed by atoms with van der Waals surface area (Å²) in [7, 11) is 4.96. The molecule has 2 aromatic carbocycles. The number of aryl methyl sites for hydroxylation is 1. The predicted octanol–water partition coefficient (Wildman–Crippen LogP) is 3.67. The highest BCUT2D eigenvalue weighted by Gasteiger charge is 2.18. The second-order valence-corrected chi connectivity index (χ2v) is 8.38. The van der Waals surface area contributed by atoms with E-state index < -0.39 is 11.7 Å². The summed E-state index contributed by atoms with van der Waals surface area (Å²) >= 11 is 6.57. The van der Waals surface area contributed by atoms with Crippen molar-refractivity contribution < 1.29 is 18.7 Å². The summed E-state index contributed by atoms with van der Waals surface area (Å²) in [6.45, 7) is 2.40. The topological polar surface area (TPSA) is 100 Å². The van der Waals surface area contributed by atoms with Crippen molar-refractivity contribution in [2.75, 3.05) is 32.1 Å². The van der Waals surface area contributed by atoms with E-state index in [0.717, 1.165) is 5.56 Å². The number of amides is 1. The van der Waals surface area contributed by atoms with Crippen molar-refractivity contribution in [2.24, 2.45) is 7.05 Å². The Labute approximate surface area is 207 Å². The maximum atomic E-state index is 14.4. The molecule has 0 saturated heterocycles. The Balaban J connectivity index is 1.77. The molecule has 0 bridgehead atoms. The highest BCUT2D eigenvalue weighted by Crippen LogP contribution is 2.35. The van der Waals surface area contributed by atoms with Crippen LogP contribution in [-0.4, -0.2) is 49.2 Å². The van der Waals surface area contributed by atoms with Crippen LogP contribution in [0.15, 0.2) is 30.5 Å². The highest BCUT2D eigenvalue weighted by molar-refractivity contribution is 6.33. The number of aldehydes is 1. The van der Waals surface area contributed by atoms with Gasteiger partial charge in [0.25, 0.3) is 5.91 Å². The molecule has 35 heavy (non-hydrogen) atoms. The van der Waals surface area contributed by atoms with Gasteiger partial charge < -0.3 is 15.0 Å². The SMILES string of the molecule is CNC(=O)c1ccc(Cc2cc(C=O)c(OCCN(C)c3nn(C)cc3C#N)c(Cl)c2C)cc1F. The zero-order chi connectivity index (χ0) is 25.7. The first-order valence-corrected chi connectivity index (χ1v) is 11.1. The number of carbonyl (C=O) groups excluding carboxylic acids is 2. The van der Waals surface area contributed by atoms with E-state index in [0.29, 0.717) is 46.8 Å². The molecule has 182 valence electrons. The Morgan fingerprint density at radius 3 is 2.77 bits per heavy atom. The molecule has 0 saturated carbocycles. The average molecular weight is 498 g/mol. The summed E-state index contributed by atoms with van der Waals surface area (Å²) in [6.07, 6.45) is 2.61. The number of hydrogen-bond acceptors (Lipinski definition) is 6. The number of nitrogens with one attached hydrogen (secondary N) is 1. The Hall–Kier alpha value is -3.90. The normalized spacial score (nSPS) is 10.5. The standard InChI is InChI=1S/C25H25ClFN5O3/c1-15-17(9-16-5-6-20(21(27)10-16)25(34)29-2)11-18(14-33)23(22(15)26)35-8-7-31(3)24-19(12-28)13-32(4)30-24/h5-6,10-11,13-14H,7-9H2,1-4H3,(H,29,34). The van der Waals surface area contributed by atoms with Gasteiger partial charge in [0.15, 0.2) is 12.1 Å². The number of carbonyl (C=O) groups is 2. The quantitative estimate of drug-likeness (QED) is 0.453. The number of likely N-dealkylation sites (N-methyl/N-ethyl adjacent to an activating group) is 1. The van der Waals surface area contributed by atoms with Gasteiger partial charge >= 0.3 is 0 Å². The zero-order valence-corrected chi connectivity index (χ0v) is 20.6. The van der Waals surface area contributed by atoms with E-state index in [2.05, 4.69) is 16.5 Å². The largest absolute Gasteiger partial charge is 0.489 e. The van der Waals surface area contributed by atoms with Gasteiger partial charge in [0.2, 0.25) is 0 Å². The van der Waals surface area contributed by atoms with Crippen molar-refractivity contribution in [1.29, 1.82) is 5.26 Å². The van der Waals surface area contributed by atoms with Crippen molar-refractivity contribution in [1.82, 2.24) is 15.1 Å². The molecule has 0 atom stereocenters. The van der Waals surface area contributed by atoms with Gasteiger partial charge in [-0.2, -0.15) is 10.4 Å². The number of aromatic nitrogens is 2. The van der Waals surface area contributed by atoms with E-state index in [1.165, 1.54) is 19.2 Å². The maximum absolute atomic E-state index is 14.4. The van der Waals surface area contributed by atoms with Crippen molar-refractivity contribution in [3.8, 4) is 11.8 Å². The van der Waals surface area contributed by atoms with Gasteiger partial charge in [-0.05, 0) is 48.2 Å². The van der Waals surface area contributed by atoms with E-state index >= 15 is 0 Å². The maximum Gasteiger partial charge on any atom is 0.253 e. The van der Waals surface area contributed by atoms with Gasteiger partial charge in [-0.25, -0.2) is 4.39 Å². The van der Waals surface area contributed by atoms with Gasteiger partial charge in [0.05, 0.1) is 22.7 Å². The van der Waals surface area contributed by atoms with E-state index in [9.17, 15) is 19.2 Å². The van der Waals surface area contributed by atoms with Gasteiger partial charge in [0.1, 0.15) is 29.8 Å². The number of ether oxygens (including phenoxy) is 1. The lowest BCUT2D eigenvalue weighted by atomic mass is 9.97. The average Bonchev–Trinajstić information content (AvgIpc) is 3.23. The Morgan fingerprint density at radius 2 is 2.14 bits per heavy atom. The monoisotopic (exact) mass is 497 g/mol. The summed E-state index contributed by atoms with van der Waals surface area (Å²) in [5.74, 6) is -0.339. The lowest BCUT2D eigenvalue weighted by molar-refractivity contribution is 0.0958. The molecule has 0 spiro atoms. The molecule has 0 radical (unpaired) electrons. The van der Waals surface area contributed by atoms with Crippen LogP contribution in [0.25, 0.3) is 0 Å². The number of benzene rings is 2. The lowest BCUT2D eigenvalue weighted by Crippen LogP contribution is -2.25. The van der Waals surface area contributed by atoms with Crippen LogP contribution in [0, 0.1) is 24.1 Å². The van der Waals surface area contributed by atoms with Crippen molar-refractivity contribution >= 4 is 29.6 Å². The van der Waals surface area contributed by atoms with E-state index in [1.807, 2.05) is 0 Å². The summed E-state index contributed by atoms with van der Waals surface area (Å²) in [4.78, 5) is 25.3. The summed E-state index contributed by atoms with van der Waals surface area (Å²) in [6, 6.07) is 8.16. The molecule has 0 fully saturated rings. The minimum atomic E-state index is -0.627. The number of nitrogens with zero attached hydrogens (tertiary/aromatic N) is 4. The summed E-state index contributed by atoms with van der Waals surface area (Å²) in [5.41, 5.74) is 2.75. The van der Waals surface area contributed by atoms with Gasteiger partial charge in [0, 0.05) is 27.3 Å². The van der Waals surface area contributed by atoms with Crippen LogP contribution in [-0.2, 0) is 13.5 Å². The second kappa shape index (κ2) is 11.0. The fourth-order valence-corrected chi connectivity index (χ4v) is 3.94. The fourth-order valence-electron chi connectivity index (χ4n) is 3.65. The zero-order valence-electron chi connectivity index (χ0n) is 19.9. The first-order chi connectivity index (χ1) is 16.7. The molecular formula is C25H25ClFN5O3. The molecule has 1 heterocycles. The molecule has 1 N–H and O–H groups in total. The van der Waals surface area contributed by atoms with Crippen LogP contribution < -0.4 is 15.0 Å². The van der Waals surface area contributed by atoms with Crippen LogP contribution in [0.1, 0.15) is 43.0 Å². The van der Waals surface area contributed by atoms with Crippen LogP contribution in [0.5, 0.6) is 5.75 Å². The second-order valence-electron chi connectivity index (χ2n) is 8.00. The summed E-state index contributed by atoms with van der Waals surface area (Å²) < 4.78 is 21.8. The van der Waals surface area contributed by atoms with E-state index in [-0.39, 0.29) is 23.5 Å². The van der Waals surface area contributed by atoms with Gasteiger partial charge in [-0.15, -0.1) is 0 Å². The van der Waals surface area contributed by atoms with Crippen molar-refractivity contribution in [3.05, 3.63) is 74.7 Å². The Kier molecular flexibility index (Phi) is 8.10. The molecule has 0 aliphatic heterocycles. The fraction of sp³-hybridized carbons (Fsp3) is 0.280. The predicted molar refractivity (Wildman–Crippen MR) is 131 cm³/mol. The number of anilines is 1.